The number of hydrogen-bond acceptors (Lipinski definition) is 3. The lowest BCUT2D eigenvalue weighted by Gasteiger charge is -2.44. The van der Waals surface area contributed by atoms with Crippen molar-refractivity contribution in [2.24, 2.45) is 5.92 Å². The van der Waals surface area contributed by atoms with Crippen molar-refractivity contribution in [3.63, 3.8) is 0 Å². The number of amides is 1. The highest BCUT2D eigenvalue weighted by molar-refractivity contribution is 5.80. The second-order valence-corrected chi connectivity index (χ2v) is 6.74. The summed E-state index contributed by atoms with van der Waals surface area (Å²) in [6.07, 6.45) is 1.72. The van der Waals surface area contributed by atoms with Gasteiger partial charge in [0.05, 0.1) is 6.04 Å². The lowest BCUT2D eigenvalue weighted by molar-refractivity contribution is -0.143. The molecule has 1 amide bonds. The van der Waals surface area contributed by atoms with Gasteiger partial charge in [0.25, 0.3) is 0 Å². The van der Waals surface area contributed by atoms with Gasteiger partial charge >= 0.3 is 0 Å². The molecule has 1 heterocycles. The smallest absolute Gasteiger partial charge is 0.226 e. The molecule has 4 nitrogen and oxygen atoms in total. The van der Waals surface area contributed by atoms with Crippen LogP contribution in [0.1, 0.15) is 24.4 Å². The molecule has 1 aromatic rings. The number of piperazine rings is 1. The van der Waals surface area contributed by atoms with Gasteiger partial charge in [0.1, 0.15) is 11.6 Å². The molecular weight excluding hydrogens is 300 g/mol. The molecule has 1 unspecified atom stereocenters. The molecule has 0 bridgehead atoms. The Balaban J connectivity index is 1.75. The number of nitrogens with zero attached hydrogens (tertiary/aromatic N) is 2. The van der Waals surface area contributed by atoms with Crippen LogP contribution >= 0.6 is 0 Å². The predicted octanol–water partition coefficient (Wildman–Crippen LogP) is 1.78. The van der Waals surface area contributed by atoms with Crippen molar-refractivity contribution < 1.29 is 13.6 Å². The van der Waals surface area contributed by atoms with Gasteiger partial charge in [0.15, 0.2) is 0 Å². The van der Waals surface area contributed by atoms with E-state index in [1.54, 1.807) is 4.90 Å². The summed E-state index contributed by atoms with van der Waals surface area (Å²) in [6, 6.07) is 3.66. The highest BCUT2D eigenvalue weighted by Gasteiger charge is 2.40. The van der Waals surface area contributed by atoms with Crippen LogP contribution in [0.3, 0.4) is 0 Å². The molecule has 1 saturated heterocycles. The lowest BCUT2D eigenvalue weighted by atomic mass is 9.78. The molecule has 6 heteroatoms. The third kappa shape index (κ3) is 3.38. The number of carbonyl (C=O) groups is 1. The summed E-state index contributed by atoms with van der Waals surface area (Å²) in [7, 11) is 4.04. The van der Waals surface area contributed by atoms with E-state index in [0.717, 1.165) is 18.9 Å². The van der Waals surface area contributed by atoms with Gasteiger partial charge in [0, 0.05) is 37.7 Å². The number of hydrogen-bond donors (Lipinski definition) is 1. The molecule has 0 spiro atoms. The van der Waals surface area contributed by atoms with E-state index in [4.69, 9.17) is 0 Å². The van der Waals surface area contributed by atoms with Gasteiger partial charge in [-0.3, -0.25) is 4.79 Å². The summed E-state index contributed by atoms with van der Waals surface area (Å²) in [6.45, 7) is 1.81. The van der Waals surface area contributed by atoms with Gasteiger partial charge in [-0.05, 0) is 44.6 Å². The van der Waals surface area contributed by atoms with Crippen molar-refractivity contribution in [2.45, 2.75) is 24.9 Å². The second kappa shape index (κ2) is 6.53. The molecule has 23 heavy (non-hydrogen) atoms. The van der Waals surface area contributed by atoms with E-state index in [-0.39, 0.29) is 17.9 Å². The maximum absolute atomic E-state index is 13.5. The average molecular weight is 323 g/mol. The quantitative estimate of drug-likeness (QED) is 0.921. The second-order valence-electron chi connectivity index (χ2n) is 6.74. The van der Waals surface area contributed by atoms with Crippen molar-refractivity contribution in [3.05, 3.63) is 35.4 Å². The standard InChI is InChI=1S/C17H23F2N3O/c1-21(2)15-7-12(8-15)17(23)22-4-3-20-10-16(22)11-5-13(18)9-14(19)6-11/h5-6,9,12,15-16,20H,3-4,7-8,10H2,1-2H3. The summed E-state index contributed by atoms with van der Waals surface area (Å²) in [5.41, 5.74) is 0.520. The van der Waals surface area contributed by atoms with Gasteiger partial charge < -0.3 is 15.1 Å². The zero-order valence-electron chi connectivity index (χ0n) is 13.6. The van der Waals surface area contributed by atoms with E-state index >= 15 is 0 Å². The van der Waals surface area contributed by atoms with Crippen LogP contribution in [-0.2, 0) is 4.79 Å². The number of carbonyl (C=O) groups excluding carboxylic acids is 1. The van der Waals surface area contributed by atoms with Crippen molar-refractivity contribution in [3.8, 4) is 0 Å². The molecule has 1 aliphatic carbocycles. The van der Waals surface area contributed by atoms with E-state index in [0.29, 0.717) is 31.2 Å². The first kappa shape index (κ1) is 16.3. The van der Waals surface area contributed by atoms with Gasteiger partial charge in [-0.2, -0.15) is 0 Å². The fourth-order valence-electron chi connectivity index (χ4n) is 3.48. The number of nitrogens with one attached hydrogen (secondary N) is 1. The van der Waals surface area contributed by atoms with Crippen LogP contribution < -0.4 is 5.32 Å². The minimum absolute atomic E-state index is 0.0291. The highest BCUT2D eigenvalue weighted by Crippen LogP contribution is 2.35. The summed E-state index contributed by atoms with van der Waals surface area (Å²) >= 11 is 0. The maximum Gasteiger partial charge on any atom is 0.226 e. The molecule has 1 aliphatic heterocycles. The number of rotatable bonds is 3. The van der Waals surface area contributed by atoms with Crippen molar-refractivity contribution in [1.29, 1.82) is 0 Å². The van der Waals surface area contributed by atoms with Gasteiger partial charge in [-0.15, -0.1) is 0 Å². The Morgan fingerprint density at radius 1 is 1.22 bits per heavy atom. The minimum atomic E-state index is -0.603. The van der Waals surface area contributed by atoms with Crippen LogP contribution in [-0.4, -0.2) is 55.5 Å². The molecule has 0 radical (unpaired) electrons. The van der Waals surface area contributed by atoms with E-state index in [1.165, 1.54) is 12.1 Å². The minimum Gasteiger partial charge on any atom is -0.333 e. The normalized spacial score (nSPS) is 27.9. The molecule has 2 fully saturated rings. The Hall–Kier alpha value is -1.53. The van der Waals surface area contributed by atoms with Crippen LogP contribution in [0.15, 0.2) is 18.2 Å². The zero-order chi connectivity index (χ0) is 16.6. The molecule has 1 aromatic carbocycles. The first-order valence-corrected chi connectivity index (χ1v) is 8.09. The largest absolute Gasteiger partial charge is 0.333 e. The first-order chi connectivity index (χ1) is 11.0. The summed E-state index contributed by atoms with van der Waals surface area (Å²) in [4.78, 5) is 16.7. The lowest BCUT2D eigenvalue weighted by Crippen LogP contribution is -2.54. The predicted molar refractivity (Wildman–Crippen MR) is 83.9 cm³/mol. The number of halogens is 2. The Bertz CT molecular complexity index is 567. The van der Waals surface area contributed by atoms with E-state index in [1.807, 2.05) is 14.1 Å². The van der Waals surface area contributed by atoms with Crippen molar-refractivity contribution in [1.82, 2.24) is 15.1 Å². The molecular formula is C17H23F2N3O. The molecule has 2 aliphatic rings. The molecule has 3 rings (SSSR count). The highest BCUT2D eigenvalue weighted by atomic mass is 19.1. The Morgan fingerprint density at radius 3 is 2.48 bits per heavy atom. The van der Waals surface area contributed by atoms with Crippen molar-refractivity contribution in [2.75, 3.05) is 33.7 Å². The van der Waals surface area contributed by atoms with Crippen LogP contribution in [0.4, 0.5) is 8.78 Å². The van der Waals surface area contributed by atoms with Crippen LogP contribution in [0.25, 0.3) is 0 Å². The Morgan fingerprint density at radius 2 is 1.87 bits per heavy atom. The maximum atomic E-state index is 13.5. The van der Waals surface area contributed by atoms with Gasteiger partial charge in [-0.25, -0.2) is 8.78 Å². The molecule has 1 N–H and O–H groups in total. The fourth-order valence-corrected chi connectivity index (χ4v) is 3.48. The summed E-state index contributed by atoms with van der Waals surface area (Å²) in [5, 5.41) is 3.21. The topological polar surface area (TPSA) is 35.6 Å². The number of benzene rings is 1. The monoisotopic (exact) mass is 323 g/mol. The molecule has 1 atom stereocenters. The van der Waals surface area contributed by atoms with Crippen LogP contribution in [0.2, 0.25) is 0 Å². The third-order valence-electron chi connectivity index (χ3n) is 4.99. The van der Waals surface area contributed by atoms with E-state index < -0.39 is 11.6 Å². The van der Waals surface area contributed by atoms with E-state index in [2.05, 4.69) is 10.2 Å². The SMILES string of the molecule is CN(C)C1CC(C(=O)N2CCNCC2c2cc(F)cc(F)c2)C1. The summed E-state index contributed by atoms with van der Waals surface area (Å²) < 4.78 is 27.0. The summed E-state index contributed by atoms with van der Waals surface area (Å²) in [5.74, 6) is -1.07. The van der Waals surface area contributed by atoms with Gasteiger partial charge in [-0.1, -0.05) is 0 Å². The molecule has 0 aromatic heterocycles. The Labute approximate surface area is 135 Å². The van der Waals surface area contributed by atoms with Gasteiger partial charge in [0.2, 0.25) is 5.91 Å². The Kier molecular flexibility index (Phi) is 4.64. The third-order valence-corrected chi connectivity index (χ3v) is 4.99. The van der Waals surface area contributed by atoms with Crippen molar-refractivity contribution >= 4 is 5.91 Å². The molecule has 126 valence electrons. The molecule has 1 saturated carbocycles. The first-order valence-electron chi connectivity index (χ1n) is 8.09. The zero-order valence-corrected chi connectivity index (χ0v) is 13.6. The van der Waals surface area contributed by atoms with Crippen LogP contribution in [0, 0.1) is 17.6 Å². The van der Waals surface area contributed by atoms with Crippen LogP contribution in [0.5, 0.6) is 0 Å². The van der Waals surface area contributed by atoms with E-state index in [9.17, 15) is 13.6 Å². The average Bonchev–Trinajstić information content (AvgIpc) is 2.44. The fraction of sp³-hybridized carbons (Fsp3) is 0.588.